The van der Waals surface area contributed by atoms with E-state index in [0.717, 1.165) is 11.3 Å². The van der Waals surface area contributed by atoms with Gasteiger partial charge >= 0.3 is 0 Å². The van der Waals surface area contributed by atoms with Gasteiger partial charge in [0, 0.05) is 31.4 Å². The number of hydrogen-bond acceptors (Lipinski definition) is 4. The van der Waals surface area contributed by atoms with Crippen LogP contribution in [0.2, 0.25) is 0 Å². The minimum atomic E-state index is -0.0453. The van der Waals surface area contributed by atoms with Crippen molar-refractivity contribution >= 4 is 17.5 Å². The van der Waals surface area contributed by atoms with Crippen molar-refractivity contribution in [2.75, 3.05) is 33.2 Å². The Morgan fingerprint density at radius 2 is 1.61 bits per heavy atom. The van der Waals surface area contributed by atoms with Gasteiger partial charge in [-0.05, 0) is 35.9 Å². The molecule has 4 heteroatoms. The van der Waals surface area contributed by atoms with E-state index in [1.54, 1.807) is 32.4 Å². The molecule has 0 aliphatic heterocycles. The molecule has 0 spiro atoms. The molecule has 0 aromatic heterocycles. The van der Waals surface area contributed by atoms with Crippen LogP contribution in [0.5, 0.6) is 11.5 Å². The van der Waals surface area contributed by atoms with Crippen molar-refractivity contribution < 1.29 is 14.3 Å². The number of hydrogen-bond donors (Lipinski definition) is 0. The number of benzene rings is 2. The second-order valence-electron chi connectivity index (χ2n) is 5.26. The molecule has 0 aliphatic rings. The number of carbonyl (C=O) groups excluding carboxylic acids is 1. The standard InChI is InChI=1S/C19H21NO3/c1-20(2)18-8-6-5-7-17(18)19(21)10-9-14-11-15(22-3)13-16(12-14)23-4/h5-13H,1-4H3/b10-9+. The highest BCUT2D eigenvalue weighted by molar-refractivity contribution is 6.10. The van der Waals surface area contributed by atoms with E-state index in [9.17, 15) is 4.79 Å². The Labute approximate surface area is 137 Å². The third-order valence-electron chi connectivity index (χ3n) is 3.45. The average molecular weight is 311 g/mol. The van der Waals surface area contributed by atoms with Crippen LogP contribution in [0.1, 0.15) is 15.9 Å². The lowest BCUT2D eigenvalue weighted by Crippen LogP contribution is -2.12. The number of para-hydroxylation sites is 1. The third-order valence-corrected chi connectivity index (χ3v) is 3.45. The quantitative estimate of drug-likeness (QED) is 0.603. The third kappa shape index (κ3) is 4.13. The number of allylic oxidation sites excluding steroid dienone is 1. The van der Waals surface area contributed by atoms with Crippen molar-refractivity contribution in [3.05, 3.63) is 59.7 Å². The first-order chi connectivity index (χ1) is 11.0. The Kier molecular flexibility index (Phi) is 5.41. The molecule has 120 valence electrons. The lowest BCUT2D eigenvalue weighted by Gasteiger charge is -2.15. The molecule has 0 bridgehead atoms. The summed E-state index contributed by atoms with van der Waals surface area (Å²) in [7, 11) is 7.03. The maximum absolute atomic E-state index is 12.5. The van der Waals surface area contributed by atoms with E-state index in [0.29, 0.717) is 17.1 Å². The smallest absolute Gasteiger partial charge is 0.187 e. The summed E-state index contributed by atoms with van der Waals surface area (Å²) in [6.45, 7) is 0. The second kappa shape index (κ2) is 7.49. The molecule has 0 saturated carbocycles. The molecule has 0 aliphatic carbocycles. The molecule has 23 heavy (non-hydrogen) atoms. The number of ketones is 1. The Hall–Kier alpha value is -2.75. The first-order valence-electron chi connectivity index (χ1n) is 7.27. The van der Waals surface area contributed by atoms with Gasteiger partial charge in [0.2, 0.25) is 0 Å². The summed E-state index contributed by atoms with van der Waals surface area (Å²) in [5, 5.41) is 0. The molecule has 0 N–H and O–H groups in total. The monoisotopic (exact) mass is 311 g/mol. The van der Waals surface area contributed by atoms with Crippen LogP contribution in [0, 0.1) is 0 Å². The largest absolute Gasteiger partial charge is 0.497 e. The zero-order valence-corrected chi connectivity index (χ0v) is 13.9. The van der Waals surface area contributed by atoms with Crippen molar-refractivity contribution in [1.29, 1.82) is 0 Å². The number of rotatable bonds is 6. The summed E-state index contributed by atoms with van der Waals surface area (Å²) in [6, 6.07) is 13.0. The van der Waals surface area contributed by atoms with Crippen LogP contribution in [0.3, 0.4) is 0 Å². The van der Waals surface area contributed by atoms with Gasteiger partial charge in [-0.25, -0.2) is 0 Å². The van der Waals surface area contributed by atoms with E-state index in [1.807, 2.05) is 55.4 Å². The number of nitrogens with zero attached hydrogens (tertiary/aromatic N) is 1. The molecule has 0 unspecified atom stereocenters. The summed E-state index contributed by atoms with van der Waals surface area (Å²) in [5.74, 6) is 1.33. The van der Waals surface area contributed by atoms with Crippen LogP contribution in [-0.4, -0.2) is 34.1 Å². The van der Waals surface area contributed by atoms with Crippen LogP contribution in [0.15, 0.2) is 48.5 Å². The summed E-state index contributed by atoms with van der Waals surface area (Å²) in [5.41, 5.74) is 2.41. The van der Waals surface area contributed by atoms with Gasteiger partial charge in [-0.2, -0.15) is 0 Å². The topological polar surface area (TPSA) is 38.8 Å². The highest BCUT2D eigenvalue weighted by Crippen LogP contribution is 2.24. The molecule has 2 rings (SSSR count). The highest BCUT2D eigenvalue weighted by atomic mass is 16.5. The van der Waals surface area contributed by atoms with E-state index < -0.39 is 0 Å². The zero-order valence-electron chi connectivity index (χ0n) is 13.9. The Morgan fingerprint density at radius 1 is 1.00 bits per heavy atom. The fourth-order valence-corrected chi connectivity index (χ4v) is 2.26. The van der Waals surface area contributed by atoms with E-state index in [-0.39, 0.29) is 5.78 Å². The maximum atomic E-state index is 12.5. The Morgan fingerprint density at radius 3 is 2.17 bits per heavy atom. The number of methoxy groups -OCH3 is 2. The van der Waals surface area contributed by atoms with Gasteiger partial charge in [-0.3, -0.25) is 4.79 Å². The van der Waals surface area contributed by atoms with Crippen molar-refractivity contribution in [3.8, 4) is 11.5 Å². The Balaban J connectivity index is 2.28. The van der Waals surface area contributed by atoms with E-state index in [4.69, 9.17) is 9.47 Å². The van der Waals surface area contributed by atoms with Gasteiger partial charge in [0.15, 0.2) is 5.78 Å². The minimum absolute atomic E-state index is 0.0453. The molecular weight excluding hydrogens is 290 g/mol. The average Bonchev–Trinajstić information content (AvgIpc) is 2.59. The van der Waals surface area contributed by atoms with Crippen LogP contribution in [-0.2, 0) is 0 Å². The second-order valence-corrected chi connectivity index (χ2v) is 5.26. The van der Waals surface area contributed by atoms with Crippen molar-refractivity contribution in [2.24, 2.45) is 0 Å². The van der Waals surface area contributed by atoms with Gasteiger partial charge in [-0.1, -0.05) is 18.2 Å². The van der Waals surface area contributed by atoms with E-state index >= 15 is 0 Å². The van der Waals surface area contributed by atoms with Crippen molar-refractivity contribution in [1.82, 2.24) is 0 Å². The lowest BCUT2D eigenvalue weighted by atomic mass is 10.1. The van der Waals surface area contributed by atoms with Gasteiger partial charge in [0.1, 0.15) is 11.5 Å². The lowest BCUT2D eigenvalue weighted by molar-refractivity contribution is 0.104. The minimum Gasteiger partial charge on any atom is -0.497 e. The maximum Gasteiger partial charge on any atom is 0.187 e. The normalized spacial score (nSPS) is 10.6. The molecule has 0 atom stereocenters. The highest BCUT2D eigenvalue weighted by Gasteiger charge is 2.09. The fraction of sp³-hybridized carbons (Fsp3) is 0.211. The summed E-state index contributed by atoms with van der Waals surface area (Å²) < 4.78 is 10.5. The molecule has 4 nitrogen and oxygen atoms in total. The predicted octanol–water partition coefficient (Wildman–Crippen LogP) is 3.67. The summed E-state index contributed by atoms with van der Waals surface area (Å²) in [4.78, 5) is 14.4. The summed E-state index contributed by atoms with van der Waals surface area (Å²) >= 11 is 0. The molecule has 0 radical (unpaired) electrons. The van der Waals surface area contributed by atoms with Gasteiger partial charge < -0.3 is 14.4 Å². The van der Waals surface area contributed by atoms with Gasteiger partial charge in [0.25, 0.3) is 0 Å². The SMILES string of the molecule is COc1cc(/C=C/C(=O)c2ccccc2N(C)C)cc(OC)c1. The first-order valence-corrected chi connectivity index (χ1v) is 7.27. The predicted molar refractivity (Wildman–Crippen MR) is 93.7 cm³/mol. The zero-order chi connectivity index (χ0) is 16.8. The van der Waals surface area contributed by atoms with Crippen molar-refractivity contribution in [3.63, 3.8) is 0 Å². The first kappa shape index (κ1) is 16.6. The number of ether oxygens (including phenoxy) is 2. The molecule has 0 saturated heterocycles. The molecule has 0 heterocycles. The number of anilines is 1. The van der Waals surface area contributed by atoms with Crippen LogP contribution >= 0.6 is 0 Å². The fourth-order valence-electron chi connectivity index (χ4n) is 2.26. The van der Waals surface area contributed by atoms with Crippen LogP contribution < -0.4 is 14.4 Å². The molecule has 0 fully saturated rings. The van der Waals surface area contributed by atoms with E-state index in [1.165, 1.54) is 0 Å². The van der Waals surface area contributed by atoms with Gasteiger partial charge in [-0.15, -0.1) is 0 Å². The Bertz CT molecular complexity index is 698. The van der Waals surface area contributed by atoms with Crippen LogP contribution in [0.4, 0.5) is 5.69 Å². The number of carbonyl (C=O) groups is 1. The van der Waals surface area contributed by atoms with E-state index in [2.05, 4.69) is 0 Å². The molecule has 2 aromatic carbocycles. The van der Waals surface area contributed by atoms with Gasteiger partial charge in [0.05, 0.1) is 14.2 Å². The molecule has 0 amide bonds. The molecular formula is C19H21NO3. The van der Waals surface area contributed by atoms with Crippen molar-refractivity contribution in [2.45, 2.75) is 0 Å². The summed E-state index contributed by atoms with van der Waals surface area (Å²) in [6.07, 6.45) is 3.33. The van der Waals surface area contributed by atoms with Crippen LogP contribution in [0.25, 0.3) is 6.08 Å². The molecule has 2 aromatic rings.